The topological polar surface area (TPSA) is 62.7 Å². The first-order chi connectivity index (χ1) is 11.5. The highest BCUT2D eigenvalue weighted by molar-refractivity contribution is 5.90. The third kappa shape index (κ3) is 3.48. The molecular formula is C18H21FN4O. The molecule has 126 valence electrons. The maximum absolute atomic E-state index is 13.8. The minimum Gasteiger partial charge on any atom is -0.356 e. The monoisotopic (exact) mass is 328 g/mol. The van der Waals surface area contributed by atoms with Crippen LogP contribution >= 0.6 is 0 Å². The number of aromatic amines is 1. The van der Waals surface area contributed by atoms with Crippen molar-refractivity contribution in [3.8, 4) is 0 Å². The number of para-hydroxylation sites is 1. The lowest BCUT2D eigenvalue weighted by molar-refractivity contribution is -0.120. The summed E-state index contributed by atoms with van der Waals surface area (Å²) in [7, 11) is 1.89. The Morgan fingerprint density at radius 1 is 1.42 bits per heavy atom. The number of aromatic nitrogens is 3. The van der Waals surface area contributed by atoms with Gasteiger partial charge in [-0.1, -0.05) is 12.1 Å². The molecule has 3 aromatic rings. The van der Waals surface area contributed by atoms with Gasteiger partial charge in [-0.25, -0.2) is 4.39 Å². The van der Waals surface area contributed by atoms with Crippen LogP contribution in [0.15, 0.2) is 30.6 Å². The van der Waals surface area contributed by atoms with Crippen molar-refractivity contribution in [2.75, 3.05) is 6.54 Å². The molecule has 2 aromatic heterocycles. The van der Waals surface area contributed by atoms with Crippen LogP contribution in [0, 0.1) is 12.7 Å². The van der Waals surface area contributed by atoms with E-state index in [9.17, 15) is 9.18 Å². The molecule has 0 bridgehead atoms. The summed E-state index contributed by atoms with van der Waals surface area (Å²) in [6, 6.07) is 4.92. The average molecular weight is 328 g/mol. The van der Waals surface area contributed by atoms with Crippen LogP contribution in [0.5, 0.6) is 0 Å². The molecule has 0 aliphatic rings. The summed E-state index contributed by atoms with van der Waals surface area (Å²) in [5.41, 5.74) is 3.32. The molecule has 3 rings (SSSR count). The van der Waals surface area contributed by atoms with Gasteiger partial charge in [-0.15, -0.1) is 0 Å². The third-order valence-electron chi connectivity index (χ3n) is 4.16. The summed E-state index contributed by atoms with van der Waals surface area (Å²) in [6.07, 6.45) is 5.81. The van der Waals surface area contributed by atoms with E-state index in [0.29, 0.717) is 12.1 Å². The Kier molecular flexibility index (Phi) is 4.64. The summed E-state index contributed by atoms with van der Waals surface area (Å²) in [5, 5.41) is 7.83. The van der Waals surface area contributed by atoms with Crippen molar-refractivity contribution in [3.63, 3.8) is 0 Å². The van der Waals surface area contributed by atoms with Crippen molar-refractivity contribution in [1.29, 1.82) is 0 Å². The van der Waals surface area contributed by atoms with Gasteiger partial charge in [-0.3, -0.25) is 9.48 Å². The third-order valence-corrected chi connectivity index (χ3v) is 4.16. The number of fused-ring (bicyclic) bond motifs is 1. The molecule has 1 amide bonds. The second-order valence-corrected chi connectivity index (χ2v) is 6.04. The van der Waals surface area contributed by atoms with Crippen molar-refractivity contribution in [2.45, 2.75) is 26.2 Å². The highest BCUT2D eigenvalue weighted by atomic mass is 19.1. The van der Waals surface area contributed by atoms with E-state index in [1.165, 1.54) is 6.07 Å². The molecule has 1 aromatic carbocycles. The van der Waals surface area contributed by atoms with E-state index in [4.69, 9.17) is 0 Å². The van der Waals surface area contributed by atoms with Crippen LogP contribution in [0.1, 0.15) is 23.2 Å². The summed E-state index contributed by atoms with van der Waals surface area (Å²) in [6.45, 7) is 2.48. The van der Waals surface area contributed by atoms with Gasteiger partial charge in [0.15, 0.2) is 0 Å². The van der Waals surface area contributed by atoms with Crippen LogP contribution in [-0.2, 0) is 24.7 Å². The number of nitrogens with one attached hydrogen (secondary N) is 2. The zero-order valence-electron chi connectivity index (χ0n) is 13.9. The van der Waals surface area contributed by atoms with Crippen molar-refractivity contribution in [2.24, 2.45) is 7.05 Å². The fourth-order valence-electron chi connectivity index (χ4n) is 2.94. The van der Waals surface area contributed by atoms with Crippen LogP contribution < -0.4 is 5.32 Å². The molecule has 0 spiro atoms. The van der Waals surface area contributed by atoms with Crippen LogP contribution in [-0.4, -0.2) is 27.2 Å². The maximum Gasteiger partial charge on any atom is 0.224 e. The number of hydrogen-bond acceptors (Lipinski definition) is 2. The van der Waals surface area contributed by atoms with E-state index >= 15 is 0 Å². The van der Waals surface area contributed by atoms with E-state index in [2.05, 4.69) is 15.4 Å². The summed E-state index contributed by atoms with van der Waals surface area (Å²) >= 11 is 0. The molecule has 0 radical (unpaired) electrons. The number of amides is 1. The highest BCUT2D eigenvalue weighted by Gasteiger charge is 2.14. The number of nitrogens with zero attached hydrogens (tertiary/aromatic N) is 2. The van der Waals surface area contributed by atoms with Crippen molar-refractivity contribution in [1.82, 2.24) is 20.1 Å². The largest absolute Gasteiger partial charge is 0.356 e. The molecule has 6 heteroatoms. The molecule has 0 saturated carbocycles. The summed E-state index contributed by atoms with van der Waals surface area (Å²) < 4.78 is 15.6. The van der Waals surface area contributed by atoms with Crippen LogP contribution in [0.4, 0.5) is 4.39 Å². The van der Waals surface area contributed by atoms with E-state index in [1.54, 1.807) is 10.7 Å². The quantitative estimate of drug-likeness (QED) is 0.683. The smallest absolute Gasteiger partial charge is 0.224 e. The summed E-state index contributed by atoms with van der Waals surface area (Å²) in [5.74, 6) is -0.340. The first-order valence-electron chi connectivity index (χ1n) is 8.04. The summed E-state index contributed by atoms with van der Waals surface area (Å²) in [4.78, 5) is 15.2. The molecule has 24 heavy (non-hydrogen) atoms. The number of hydrogen-bond donors (Lipinski definition) is 2. The van der Waals surface area contributed by atoms with Gasteiger partial charge in [-0.2, -0.15) is 5.10 Å². The Morgan fingerprint density at radius 2 is 2.25 bits per heavy atom. The lowest BCUT2D eigenvalue weighted by Gasteiger charge is -2.05. The lowest BCUT2D eigenvalue weighted by atomic mass is 10.1. The molecule has 0 aliphatic carbocycles. The van der Waals surface area contributed by atoms with Gasteiger partial charge >= 0.3 is 0 Å². The number of rotatable bonds is 6. The molecule has 0 saturated heterocycles. The Morgan fingerprint density at radius 3 is 3.00 bits per heavy atom. The molecule has 0 aliphatic heterocycles. The second-order valence-electron chi connectivity index (χ2n) is 6.04. The van der Waals surface area contributed by atoms with Gasteiger partial charge in [-0.05, 0) is 37.0 Å². The van der Waals surface area contributed by atoms with Gasteiger partial charge in [0.1, 0.15) is 5.82 Å². The van der Waals surface area contributed by atoms with Crippen LogP contribution in [0.25, 0.3) is 10.9 Å². The normalized spacial score (nSPS) is 11.1. The Labute approximate surface area is 139 Å². The molecule has 2 heterocycles. The van der Waals surface area contributed by atoms with Gasteiger partial charge in [0.05, 0.1) is 18.1 Å². The van der Waals surface area contributed by atoms with Crippen LogP contribution in [0.2, 0.25) is 0 Å². The highest BCUT2D eigenvalue weighted by Crippen LogP contribution is 2.24. The Bertz CT molecular complexity index is 865. The molecule has 5 nitrogen and oxygen atoms in total. The molecule has 0 atom stereocenters. The number of carbonyl (C=O) groups excluding carboxylic acids is 1. The van der Waals surface area contributed by atoms with Crippen molar-refractivity contribution >= 4 is 16.8 Å². The number of aryl methyl sites for hydroxylation is 3. The average Bonchev–Trinajstić information content (AvgIpc) is 3.09. The van der Waals surface area contributed by atoms with Crippen molar-refractivity contribution in [3.05, 3.63) is 53.2 Å². The van der Waals surface area contributed by atoms with Gasteiger partial charge in [0, 0.05) is 30.9 Å². The fraction of sp³-hybridized carbons (Fsp3) is 0.333. The predicted molar refractivity (Wildman–Crippen MR) is 91.2 cm³/mol. The molecule has 2 N–H and O–H groups in total. The number of carbonyl (C=O) groups is 1. The predicted octanol–water partition coefficient (Wildman–Crippen LogP) is 2.64. The Hall–Kier alpha value is -2.63. The minimum absolute atomic E-state index is 0.0468. The van der Waals surface area contributed by atoms with E-state index in [1.807, 2.05) is 32.4 Å². The van der Waals surface area contributed by atoms with Crippen molar-refractivity contribution < 1.29 is 9.18 Å². The molecule has 0 fully saturated rings. The molecule has 0 unspecified atom stereocenters. The number of H-pyrrole nitrogens is 1. The first kappa shape index (κ1) is 16.2. The van der Waals surface area contributed by atoms with Gasteiger partial charge < -0.3 is 10.3 Å². The first-order valence-corrected chi connectivity index (χ1v) is 8.04. The zero-order valence-corrected chi connectivity index (χ0v) is 13.9. The standard InChI is InChI=1S/C18H21FN4O/c1-12-15(14-6-3-7-16(19)18(14)22-12)9-17(24)20-8-4-5-13-10-21-23(2)11-13/h3,6-7,10-11,22H,4-5,8-9H2,1-2H3,(H,20,24). The van der Waals surface area contributed by atoms with E-state index in [0.717, 1.165) is 35.0 Å². The van der Waals surface area contributed by atoms with E-state index < -0.39 is 0 Å². The Balaban J connectivity index is 1.55. The number of benzene rings is 1. The number of halogens is 1. The fourth-order valence-corrected chi connectivity index (χ4v) is 2.94. The SMILES string of the molecule is Cc1[nH]c2c(F)cccc2c1CC(=O)NCCCc1cnn(C)c1. The zero-order chi connectivity index (χ0) is 17.1. The molecular weight excluding hydrogens is 307 g/mol. The minimum atomic E-state index is -0.293. The van der Waals surface area contributed by atoms with Gasteiger partial charge in [0.25, 0.3) is 0 Å². The second kappa shape index (κ2) is 6.86. The van der Waals surface area contributed by atoms with Crippen LogP contribution in [0.3, 0.4) is 0 Å². The van der Waals surface area contributed by atoms with Gasteiger partial charge in [0.2, 0.25) is 5.91 Å². The van der Waals surface area contributed by atoms with E-state index in [-0.39, 0.29) is 18.1 Å². The maximum atomic E-state index is 13.8. The lowest BCUT2D eigenvalue weighted by Crippen LogP contribution is -2.26.